The molecular weight excluding hydrogens is 397 g/mol. The fourth-order valence-corrected chi connectivity index (χ4v) is 3.06. The topological polar surface area (TPSA) is 72.5 Å². The van der Waals surface area contributed by atoms with Crippen molar-refractivity contribution in [2.24, 2.45) is 0 Å². The summed E-state index contributed by atoms with van der Waals surface area (Å²) in [4.78, 5) is 16.9. The van der Waals surface area contributed by atoms with Crippen molar-refractivity contribution < 1.29 is 18.7 Å². The number of rotatable bonds is 10. The first-order valence-corrected chi connectivity index (χ1v) is 10.2. The van der Waals surface area contributed by atoms with Crippen molar-refractivity contribution in [1.29, 1.82) is 0 Å². The zero-order valence-corrected chi connectivity index (χ0v) is 17.7. The van der Waals surface area contributed by atoms with Gasteiger partial charge in [0, 0.05) is 18.4 Å². The van der Waals surface area contributed by atoms with E-state index in [9.17, 15) is 9.18 Å². The minimum Gasteiger partial charge on any atom is -0.490 e. The summed E-state index contributed by atoms with van der Waals surface area (Å²) < 4.78 is 24.7. The molecule has 7 heteroatoms. The van der Waals surface area contributed by atoms with Crippen LogP contribution in [0.25, 0.3) is 0 Å². The van der Waals surface area contributed by atoms with Crippen molar-refractivity contribution in [1.82, 2.24) is 10.3 Å². The number of hydrogen-bond donors (Lipinski definition) is 2. The third kappa shape index (κ3) is 6.18. The minimum absolute atomic E-state index is 0.261. The molecule has 3 rings (SSSR count). The molecule has 2 aromatic carbocycles. The smallest absolute Gasteiger partial charge is 0.255 e. The van der Waals surface area contributed by atoms with Gasteiger partial charge in [0.1, 0.15) is 11.6 Å². The monoisotopic (exact) mass is 423 g/mol. The van der Waals surface area contributed by atoms with Crippen molar-refractivity contribution in [2.75, 3.05) is 25.1 Å². The molecule has 0 spiro atoms. The summed E-state index contributed by atoms with van der Waals surface area (Å²) >= 11 is 0. The van der Waals surface area contributed by atoms with Crippen LogP contribution in [0, 0.1) is 5.82 Å². The van der Waals surface area contributed by atoms with Gasteiger partial charge in [0.25, 0.3) is 5.91 Å². The van der Waals surface area contributed by atoms with Crippen LogP contribution in [-0.2, 0) is 6.42 Å². The second-order valence-electron chi connectivity index (χ2n) is 6.69. The van der Waals surface area contributed by atoms with Gasteiger partial charge in [-0.3, -0.25) is 4.79 Å². The fourth-order valence-electron chi connectivity index (χ4n) is 3.06. The van der Waals surface area contributed by atoms with Crippen LogP contribution in [0.5, 0.6) is 11.5 Å². The highest BCUT2D eigenvalue weighted by molar-refractivity contribution is 5.99. The number of pyridine rings is 1. The first-order valence-electron chi connectivity index (χ1n) is 10.2. The second-order valence-corrected chi connectivity index (χ2v) is 6.69. The van der Waals surface area contributed by atoms with Gasteiger partial charge in [-0.25, -0.2) is 9.37 Å². The molecule has 0 radical (unpaired) electrons. The Labute approximate surface area is 181 Å². The summed E-state index contributed by atoms with van der Waals surface area (Å²) in [5.74, 6) is 1.14. The maximum absolute atomic E-state index is 13.4. The van der Waals surface area contributed by atoms with Crippen LogP contribution < -0.4 is 20.1 Å². The van der Waals surface area contributed by atoms with Crippen LogP contribution in [0.2, 0.25) is 0 Å². The number of carbonyl (C=O) groups excluding carboxylic acids is 1. The van der Waals surface area contributed by atoms with Crippen LogP contribution in [0.4, 0.5) is 15.9 Å². The van der Waals surface area contributed by atoms with Gasteiger partial charge in [-0.15, -0.1) is 0 Å². The van der Waals surface area contributed by atoms with Gasteiger partial charge in [-0.2, -0.15) is 0 Å². The number of carbonyl (C=O) groups is 1. The lowest BCUT2D eigenvalue weighted by Crippen LogP contribution is -2.26. The van der Waals surface area contributed by atoms with E-state index in [-0.39, 0.29) is 11.7 Å². The maximum atomic E-state index is 13.4. The van der Waals surface area contributed by atoms with Gasteiger partial charge in [0.15, 0.2) is 11.5 Å². The van der Waals surface area contributed by atoms with E-state index in [2.05, 4.69) is 15.6 Å². The van der Waals surface area contributed by atoms with Crippen molar-refractivity contribution in [3.8, 4) is 11.5 Å². The predicted molar refractivity (Wildman–Crippen MR) is 119 cm³/mol. The summed E-state index contributed by atoms with van der Waals surface area (Å²) in [5, 5.41) is 5.91. The molecule has 0 atom stereocenters. The summed E-state index contributed by atoms with van der Waals surface area (Å²) in [7, 11) is 0. The molecule has 0 aliphatic rings. The van der Waals surface area contributed by atoms with E-state index < -0.39 is 0 Å². The predicted octanol–water partition coefficient (Wildman–Crippen LogP) is 4.73. The highest BCUT2D eigenvalue weighted by atomic mass is 19.1. The van der Waals surface area contributed by atoms with Crippen LogP contribution in [0.3, 0.4) is 0 Å². The van der Waals surface area contributed by atoms with Crippen LogP contribution in [0.1, 0.15) is 29.8 Å². The first-order chi connectivity index (χ1) is 15.1. The SMILES string of the molecule is CCOc1ccc(CCNC(=O)c2cccnc2Nc2cccc(F)c2)cc1OCC. The van der Waals surface area contributed by atoms with Crippen LogP contribution in [-0.4, -0.2) is 30.6 Å². The molecule has 162 valence electrons. The van der Waals surface area contributed by atoms with Crippen molar-refractivity contribution in [3.05, 3.63) is 77.7 Å². The number of ether oxygens (including phenoxy) is 2. The molecule has 0 fully saturated rings. The zero-order chi connectivity index (χ0) is 22.1. The Balaban J connectivity index is 1.63. The highest BCUT2D eigenvalue weighted by Gasteiger charge is 2.13. The number of anilines is 2. The van der Waals surface area contributed by atoms with Gasteiger partial charge >= 0.3 is 0 Å². The normalized spacial score (nSPS) is 10.4. The van der Waals surface area contributed by atoms with Gasteiger partial charge in [-0.1, -0.05) is 12.1 Å². The molecule has 1 heterocycles. The quantitative estimate of drug-likeness (QED) is 0.493. The van der Waals surface area contributed by atoms with Gasteiger partial charge in [0.2, 0.25) is 0 Å². The number of nitrogens with one attached hydrogen (secondary N) is 2. The Hall–Kier alpha value is -3.61. The molecule has 1 amide bonds. The number of hydrogen-bond acceptors (Lipinski definition) is 5. The Morgan fingerprint density at radius 2 is 1.81 bits per heavy atom. The summed E-state index contributed by atoms with van der Waals surface area (Å²) in [5.41, 5.74) is 1.93. The zero-order valence-electron chi connectivity index (χ0n) is 17.7. The van der Waals surface area contributed by atoms with Crippen molar-refractivity contribution in [2.45, 2.75) is 20.3 Å². The number of halogens is 1. The van der Waals surface area contributed by atoms with E-state index >= 15 is 0 Å². The van der Waals surface area contributed by atoms with E-state index in [1.54, 1.807) is 30.5 Å². The molecule has 2 N–H and O–H groups in total. The number of amides is 1. The Bertz CT molecular complexity index is 1030. The third-order valence-corrected chi connectivity index (χ3v) is 4.45. The molecule has 3 aromatic rings. The summed E-state index contributed by atoms with van der Waals surface area (Å²) in [6, 6.07) is 15.1. The van der Waals surface area contributed by atoms with E-state index in [0.29, 0.717) is 54.7 Å². The van der Waals surface area contributed by atoms with E-state index in [0.717, 1.165) is 5.56 Å². The molecule has 0 aliphatic carbocycles. The van der Waals surface area contributed by atoms with E-state index in [4.69, 9.17) is 9.47 Å². The molecule has 1 aromatic heterocycles. The number of benzene rings is 2. The van der Waals surface area contributed by atoms with Crippen LogP contribution in [0.15, 0.2) is 60.8 Å². The van der Waals surface area contributed by atoms with Gasteiger partial charge in [-0.05, 0) is 68.3 Å². The number of aromatic nitrogens is 1. The van der Waals surface area contributed by atoms with Gasteiger partial charge < -0.3 is 20.1 Å². The standard InChI is InChI=1S/C24H26FN3O3/c1-3-30-21-11-10-17(15-22(21)31-4-2)12-14-27-24(29)20-9-6-13-26-23(20)28-19-8-5-7-18(25)16-19/h5-11,13,15-16H,3-4,12,14H2,1-2H3,(H,26,28)(H,27,29). The highest BCUT2D eigenvalue weighted by Crippen LogP contribution is 2.28. The van der Waals surface area contributed by atoms with Crippen LogP contribution >= 0.6 is 0 Å². The Kier molecular flexibility index (Phi) is 7.81. The van der Waals surface area contributed by atoms with Gasteiger partial charge in [0.05, 0.1) is 18.8 Å². The molecule has 0 bridgehead atoms. The molecular formula is C24H26FN3O3. The molecule has 0 saturated heterocycles. The lowest BCUT2D eigenvalue weighted by molar-refractivity contribution is 0.0954. The molecule has 0 unspecified atom stereocenters. The first kappa shape index (κ1) is 22.1. The molecule has 0 aliphatic heterocycles. The maximum Gasteiger partial charge on any atom is 0.255 e. The average Bonchev–Trinajstić information content (AvgIpc) is 2.76. The largest absolute Gasteiger partial charge is 0.490 e. The molecule has 31 heavy (non-hydrogen) atoms. The van der Waals surface area contributed by atoms with E-state index in [1.807, 2.05) is 32.0 Å². The van der Waals surface area contributed by atoms with Crippen molar-refractivity contribution in [3.63, 3.8) is 0 Å². The number of nitrogens with zero attached hydrogens (tertiary/aromatic N) is 1. The molecule has 0 saturated carbocycles. The molecule has 6 nitrogen and oxygen atoms in total. The van der Waals surface area contributed by atoms with Crippen molar-refractivity contribution >= 4 is 17.4 Å². The Morgan fingerprint density at radius 3 is 2.58 bits per heavy atom. The summed E-state index contributed by atoms with van der Waals surface area (Å²) in [6.07, 6.45) is 2.21. The lowest BCUT2D eigenvalue weighted by Gasteiger charge is -2.13. The second kappa shape index (κ2) is 11.0. The van der Waals surface area contributed by atoms with E-state index in [1.165, 1.54) is 12.1 Å². The third-order valence-electron chi connectivity index (χ3n) is 4.45. The fraction of sp³-hybridized carbons (Fsp3) is 0.250. The summed E-state index contributed by atoms with van der Waals surface area (Å²) in [6.45, 7) is 5.39. The lowest BCUT2D eigenvalue weighted by atomic mass is 10.1. The Morgan fingerprint density at radius 1 is 1.00 bits per heavy atom. The minimum atomic E-state index is -0.367. The average molecular weight is 423 g/mol.